The second-order valence-corrected chi connectivity index (χ2v) is 7.11. The summed E-state index contributed by atoms with van der Waals surface area (Å²) < 4.78 is 21.0. The lowest BCUT2D eigenvalue weighted by atomic mass is 10.1. The normalized spacial score (nSPS) is 13.0. The average molecular weight is 386 g/mol. The largest absolute Gasteiger partial charge is 0.467 e. The molecule has 1 aromatic heterocycles. The minimum Gasteiger partial charge on any atom is -0.467 e. The summed E-state index contributed by atoms with van der Waals surface area (Å²) in [6, 6.07) is 10.7. The van der Waals surface area contributed by atoms with Crippen LogP contribution in [0.25, 0.3) is 10.2 Å². The third-order valence-electron chi connectivity index (χ3n) is 4.26. The Balaban J connectivity index is 2.22. The topological polar surface area (TPSA) is 60.7 Å². The van der Waals surface area contributed by atoms with Crippen LogP contribution in [0.15, 0.2) is 47.5 Å². The molecule has 2 aromatic carbocycles. The van der Waals surface area contributed by atoms with E-state index in [1.165, 1.54) is 30.6 Å². The van der Waals surface area contributed by atoms with Gasteiger partial charge in [-0.25, -0.2) is 9.18 Å². The fourth-order valence-corrected chi connectivity index (χ4v) is 3.88. The van der Waals surface area contributed by atoms with E-state index in [2.05, 4.69) is 4.99 Å². The van der Waals surface area contributed by atoms with Gasteiger partial charge in [-0.3, -0.25) is 4.79 Å². The summed E-state index contributed by atoms with van der Waals surface area (Å²) in [5, 5.41) is 0. The van der Waals surface area contributed by atoms with Gasteiger partial charge in [0.25, 0.3) is 5.91 Å². The number of ether oxygens (including phenoxy) is 1. The predicted molar refractivity (Wildman–Crippen MR) is 102 cm³/mol. The van der Waals surface area contributed by atoms with Gasteiger partial charge in [-0.2, -0.15) is 4.99 Å². The van der Waals surface area contributed by atoms with Crippen LogP contribution in [-0.4, -0.2) is 23.6 Å². The fourth-order valence-electron chi connectivity index (χ4n) is 2.83. The van der Waals surface area contributed by atoms with Crippen molar-refractivity contribution in [1.82, 2.24) is 4.57 Å². The van der Waals surface area contributed by atoms with Gasteiger partial charge < -0.3 is 9.30 Å². The van der Waals surface area contributed by atoms with Crippen LogP contribution in [0, 0.1) is 12.7 Å². The highest BCUT2D eigenvalue weighted by Gasteiger charge is 2.23. The number of rotatable bonds is 4. The first-order valence-electron chi connectivity index (χ1n) is 8.48. The van der Waals surface area contributed by atoms with Gasteiger partial charge in [0, 0.05) is 5.56 Å². The van der Waals surface area contributed by atoms with Crippen LogP contribution >= 0.6 is 11.3 Å². The summed E-state index contributed by atoms with van der Waals surface area (Å²) >= 11 is 1.23. The molecule has 0 aliphatic heterocycles. The minimum absolute atomic E-state index is 0.332. The van der Waals surface area contributed by atoms with Crippen molar-refractivity contribution >= 4 is 33.4 Å². The van der Waals surface area contributed by atoms with E-state index >= 15 is 0 Å². The Morgan fingerprint density at radius 1 is 1.22 bits per heavy atom. The van der Waals surface area contributed by atoms with E-state index in [1.54, 1.807) is 22.8 Å². The van der Waals surface area contributed by atoms with Gasteiger partial charge in [-0.05, 0) is 43.7 Å². The summed E-state index contributed by atoms with van der Waals surface area (Å²) in [7, 11) is 1.30. The van der Waals surface area contributed by atoms with Gasteiger partial charge >= 0.3 is 5.97 Å². The number of thiazole rings is 1. The Bertz CT molecular complexity index is 1070. The molecule has 1 unspecified atom stereocenters. The lowest BCUT2D eigenvalue weighted by molar-refractivity contribution is -0.144. The number of fused-ring (bicyclic) bond motifs is 1. The molecule has 0 bridgehead atoms. The van der Waals surface area contributed by atoms with Crippen molar-refractivity contribution in [3.8, 4) is 0 Å². The number of aromatic nitrogens is 1. The van der Waals surface area contributed by atoms with E-state index in [0.717, 1.165) is 10.3 Å². The standard InChI is InChI=1S/C20H19FN2O3S/c1-4-15(19(25)26-3)23-16-11-14(21)9-10-17(16)27-20(23)22-18(24)13-7-5-12(2)6-8-13/h5-11,15H,4H2,1-3H3. The Morgan fingerprint density at radius 2 is 1.93 bits per heavy atom. The smallest absolute Gasteiger partial charge is 0.328 e. The first kappa shape index (κ1) is 19.0. The van der Waals surface area contributed by atoms with Crippen molar-refractivity contribution in [2.75, 3.05) is 7.11 Å². The van der Waals surface area contributed by atoms with Crippen molar-refractivity contribution in [2.45, 2.75) is 26.3 Å². The van der Waals surface area contributed by atoms with Gasteiger partial charge in [-0.1, -0.05) is 36.0 Å². The summed E-state index contributed by atoms with van der Waals surface area (Å²) in [6.07, 6.45) is 0.418. The van der Waals surface area contributed by atoms with Gasteiger partial charge in [0.1, 0.15) is 11.9 Å². The lowest BCUT2D eigenvalue weighted by Gasteiger charge is -2.15. The van der Waals surface area contributed by atoms with E-state index in [0.29, 0.717) is 22.3 Å². The Kier molecular flexibility index (Phi) is 5.51. The van der Waals surface area contributed by atoms with Crippen molar-refractivity contribution in [2.24, 2.45) is 4.99 Å². The monoisotopic (exact) mass is 386 g/mol. The molecule has 3 rings (SSSR count). The highest BCUT2D eigenvalue weighted by molar-refractivity contribution is 7.16. The molecule has 3 aromatic rings. The molecule has 7 heteroatoms. The molecular weight excluding hydrogens is 367 g/mol. The molecule has 0 saturated heterocycles. The van der Waals surface area contributed by atoms with Gasteiger partial charge in [0.05, 0.1) is 17.3 Å². The number of aryl methyl sites for hydroxylation is 1. The zero-order valence-electron chi connectivity index (χ0n) is 15.2. The maximum Gasteiger partial charge on any atom is 0.328 e. The second-order valence-electron chi connectivity index (χ2n) is 6.10. The molecule has 140 valence electrons. The molecule has 1 heterocycles. The van der Waals surface area contributed by atoms with Crippen molar-refractivity contribution in [3.05, 3.63) is 64.2 Å². The van der Waals surface area contributed by atoms with Crippen molar-refractivity contribution in [1.29, 1.82) is 0 Å². The zero-order chi connectivity index (χ0) is 19.6. The number of carbonyl (C=O) groups excluding carboxylic acids is 2. The van der Waals surface area contributed by atoms with E-state index in [9.17, 15) is 14.0 Å². The number of hydrogen-bond acceptors (Lipinski definition) is 4. The van der Waals surface area contributed by atoms with E-state index in [-0.39, 0.29) is 0 Å². The highest BCUT2D eigenvalue weighted by atomic mass is 32.1. The summed E-state index contributed by atoms with van der Waals surface area (Å²) in [5.74, 6) is -1.31. The van der Waals surface area contributed by atoms with Gasteiger partial charge in [0.15, 0.2) is 4.80 Å². The number of halogens is 1. The highest BCUT2D eigenvalue weighted by Crippen LogP contribution is 2.24. The molecule has 5 nitrogen and oxygen atoms in total. The van der Waals surface area contributed by atoms with Crippen LogP contribution in [0.2, 0.25) is 0 Å². The van der Waals surface area contributed by atoms with Crippen LogP contribution in [-0.2, 0) is 9.53 Å². The first-order valence-corrected chi connectivity index (χ1v) is 9.30. The fraction of sp³-hybridized carbons (Fsp3) is 0.250. The van der Waals surface area contributed by atoms with Crippen molar-refractivity contribution < 1.29 is 18.7 Å². The lowest BCUT2D eigenvalue weighted by Crippen LogP contribution is -2.28. The van der Waals surface area contributed by atoms with Crippen LogP contribution in [0.4, 0.5) is 4.39 Å². The minimum atomic E-state index is -0.699. The average Bonchev–Trinajstić information content (AvgIpc) is 3.00. The number of esters is 1. The molecule has 1 amide bonds. The number of methoxy groups -OCH3 is 1. The molecule has 0 N–H and O–H groups in total. The number of hydrogen-bond donors (Lipinski definition) is 0. The SMILES string of the molecule is CCC(C(=O)OC)n1c(=NC(=O)c2ccc(C)cc2)sc2ccc(F)cc21. The van der Waals surface area contributed by atoms with E-state index < -0.39 is 23.7 Å². The molecule has 0 saturated carbocycles. The summed E-state index contributed by atoms with van der Waals surface area (Å²) in [5.41, 5.74) is 1.99. The van der Waals surface area contributed by atoms with Gasteiger partial charge in [-0.15, -0.1) is 0 Å². The molecule has 0 aliphatic rings. The maximum atomic E-state index is 13.8. The summed E-state index contributed by atoms with van der Waals surface area (Å²) in [6.45, 7) is 3.76. The first-order chi connectivity index (χ1) is 12.9. The molecule has 0 aliphatic carbocycles. The maximum absolute atomic E-state index is 13.8. The Morgan fingerprint density at radius 3 is 2.56 bits per heavy atom. The zero-order valence-corrected chi connectivity index (χ0v) is 16.0. The van der Waals surface area contributed by atoms with Crippen LogP contribution in [0.3, 0.4) is 0 Å². The Labute approximate surface area is 159 Å². The molecule has 27 heavy (non-hydrogen) atoms. The van der Waals surface area contributed by atoms with E-state index in [4.69, 9.17) is 4.74 Å². The predicted octanol–water partition coefficient (Wildman–Crippen LogP) is 4.02. The number of carbonyl (C=O) groups is 2. The number of nitrogens with zero attached hydrogens (tertiary/aromatic N) is 2. The summed E-state index contributed by atoms with van der Waals surface area (Å²) in [4.78, 5) is 29.4. The quantitative estimate of drug-likeness (QED) is 0.637. The molecule has 0 spiro atoms. The third kappa shape index (κ3) is 3.83. The second kappa shape index (κ2) is 7.84. The molecule has 0 radical (unpaired) electrons. The molecule has 1 atom stereocenters. The third-order valence-corrected chi connectivity index (χ3v) is 5.29. The van der Waals surface area contributed by atoms with Crippen molar-refractivity contribution in [3.63, 3.8) is 0 Å². The number of amides is 1. The molecular formula is C20H19FN2O3S. The van der Waals surface area contributed by atoms with Crippen LogP contribution in [0.5, 0.6) is 0 Å². The number of benzene rings is 2. The van der Waals surface area contributed by atoms with E-state index in [1.807, 2.05) is 26.0 Å². The Hall–Kier alpha value is -2.80. The molecule has 0 fully saturated rings. The van der Waals surface area contributed by atoms with Crippen LogP contribution in [0.1, 0.15) is 35.3 Å². The van der Waals surface area contributed by atoms with Crippen LogP contribution < -0.4 is 4.80 Å². The van der Waals surface area contributed by atoms with Gasteiger partial charge in [0.2, 0.25) is 0 Å².